The average Bonchev–Trinajstić information content (AvgIpc) is 3.63. The number of fused-ring (bicyclic) bond motifs is 1. The lowest BCUT2D eigenvalue weighted by atomic mass is 9.70. The van der Waals surface area contributed by atoms with Crippen molar-refractivity contribution >= 4 is 39.6 Å². The molecule has 3 saturated heterocycles. The highest BCUT2D eigenvalue weighted by Gasteiger charge is 2.77. The van der Waals surface area contributed by atoms with Crippen molar-refractivity contribution in [1.82, 2.24) is 15.1 Å². The molecule has 11 heteroatoms. The number of aliphatic hydroxyl groups is 1. The predicted octanol–water partition coefficient (Wildman–Crippen LogP) is 4.08. The van der Waals surface area contributed by atoms with E-state index in [-0.39, 0.29) is 48.2 Å². The van der Waals surface area contributed by atoms with Crippen LogP contribution in [0.25, 0.3) is 0 Å². The molecular formula is C35H48BrN3O7. The second kappa shape index (κ2) is 16.2. The van der Waals surface area contributed by atoms with Gasteiger partial charge in [0, 0.05) is 37.0 Å². The van der Waals surface area contributed by atoms with Gasteiger partial charge in [-0.1, -0.05) is 71.3 Å². The molecule has 3 amide bonds. The number of halogens is 1. The number of carbonyl (C=O) groups excluding carboxylic acids is 4. The number of nitrogens with zero attached hydrogens (tertiary/aromatic N) is 2. The van der Waals surface area contributed by atoms with Gasteiger partial charge in [0.05, 0.1) is 24.5 Å². The Labute approximate surface area is 280 Å². The molecule has 0 aliphatic carbocycles. The zero-order valence-corrected chi connectivity index (χ0v) is 28.5. The van der Waals surface area contributed by atoms with E-state index in [0.29, 0.717) is 44.3 Å². The summed E-state index contributed by atoms with van der Waals surface area (Å²) >= 11 is 3.72. The van der Waals surface area contributed by atoms with E-state index in [9.17, 15) is 24.3 Å². The van der Waals surface area contributed by atoms with Gasteiger partial charge < -0.3 is 29.7 Å². The first-order valence-electron chi connectivity index (χ1n) is 16.4. The minimum absolute atomic E-state index is 0.0669. The van der Waals surface area contributed by atoms with Crippen LogP contribution in [0.15, 0.2) is 55.6 Å². The maximum Gasteiger partial charge on any atom is 0.313 e. The molecule has 1 aromatic rings. The standard InChI is InChI=1S/C35H48BrN3O7/c1-5-7-17-27(41)37-22-26(24-15-11-10-12-16-24)45-34(44)28-29-32(42)39(19-13-8-9-14-20-40)31(33(43)38(18-6-2)23(3)4)35(29)21-25(36)30(28)46-35/h5-6,10-12,15-16,23,25-26,28-31,40H,1-2,7-9,13-14,17-22H2,3-4H3,(H,37,41)/t25?,26-,28+,29-,30+,31+,35-/m1/s1. The summed E-state index contributed by atoms with van der Waals surface area (Å²) in [6.45, 7) is 12.2. The highest BCUT2D eigenvalue weighted by Crippen LogP contribution is 2.60. The van der Waals surface area contributed by atoms with Crippen molar-refractivity contribution in [3.63, 3.8) is 0 Å². The first-order valence-corrected chi connectivity index (χ1v) is 17.3. The molecule has 4 rings (SSSR count). The zero-order valence-electron chi connectivity index (χ0n) is 26.9. The number of benzene rings is 1. The van der Waals surface area contributed by atoms with Crippen LogP contribution in [0.2, 0.25) is 0 Å². The quantitative estimate of drug-likeness (QED) is 0.102. The number of alkyl halides is 1. The predicted molar refractivity (Wildman–Crippen MR) is 178 cm³/mol. The van der Waals surface area contributed by atoms with Crippen LogP contribution in [0.1, 0.15) is 70.5 Å². The number of hydrogen-bond donors (Lipinski definition) is 2. The third-order valence-corrected chi connectivity index (χ3v) is 10.2. The molecule has 1 aromatic carbocycles. The molecule has 2 N–H and O–H groups in total. The Kier molecular flexibility index (Phi) is 12.6. The molecule has 3 aliphatic heterocycles. The molecule has 0 aromatic heterocycles. The van der Waals surface area contributed by atoms with Crippen molar-refractivity contribution in [2.24, 2.45) is 11.8 Å². The number of hydrogen-bond acceptors (Lipinski definition) is 7. The summed E-state index contributed by atoms with van der Waals surface area (Å²) in [7, 11) is 0. The van der Waals surface area contributed by atoms with Crippen LogP contribution < -0.4 is 5.32 Å². The second-order valence-electron chi connectivity index (χ2n) is 12.7. The van der Waals surface area contributed by atoms with Crippen LogP contribution in [-0.4, -0.2) is 93.5 Å². The molecule has 1 unspecified atom stereocenters. The normalized spacial score (nSPS) is 26.9. The van der Waals surface area contributed by atoms with Crippen LogP contribution >= 0.6 is 15.9 Å². The molecule has 0 saturated carbocycles. The van der Waals surface area contributed by atoms with E-state index in [1.807, 2.05) is 44.2 Å². The number of esters is 1. The Morgan fingerprint density at radius 2 is 1.89 bits per heavy atom. The van der Waals surface area contributed by atoms with E-state index in [4.69, 9.17) is 9.47 Å². The maximum absolute atomic E-state index is 14.4. The van der Waals surface area contributed by atoms with E-state index < -0.39 is 41.7 Å². The minimum Gasteiger partial charge on any atom is -0.455 e. The number of nitrogens with one attached hydrogen (secondary N) is 1. The molecule has 7 atom stereocenters. The number of amides is 3. The molecular weight excluding hydrogens is 654 g/mol. The first-order chi connectivity index (χ1) is 22.1. The number of ether oxygens (including phenoxy) is 2. The Hall–Kier alpha value is -3.02. The largest absolute Gasteiger partial charge is 0.455 e. The lowest BCUT2D eigenvalue weighted by molar-refractivity contribution is -0.160. The van der Waals surface area contributed by atoms with Gasteiger partial charge in [-0.2, -0.15) is 0 Å². The maximum atomic E-state index is 14.4. The molecule has 252 valence electrons. The van der Waals surface area contributed by atoms with Crippen molar-refractivity contribution in [2.45, 2.75) is 93.5 Å². The Balaban J connectivity index is 1.64. The van der Waals surface area contributed by atoms with Crippen molar-refractivity contribution in [2.75, 3.05) is 26.2 Å². The van der Waals surface area contributed by atoms with Gasteiger partial charge in [0.2, 0.25) is 17.7 Å². The highest BCUT2D eigenvalue weighted by molar-refractivity contribution is 9.09. The first kappa shape index (κ1) is 35.8. The summed E-state index contributed by atoms with van der Waals surface area (Å²) in [5, 5.41) is 12.1. The topological polar surface area (TPSA) is 125 Å². The van der Waals surface area contributed by atoms with Gasteiger partial charge in [-0.15, -0.1) is 13.2 Å². The van der Waals surface area contributed by atoms with Crippen LogP contribution in [0.5, 0.6) is 0 Å². The van der Waals surface area contributed by atoms with Gasteiger partial charge in [0.1, 0.15) is 17.7 Å². The van der Waals surface area contributed by atoms with Crippen molar-refractivity contribution in [3.05, 3.63) is 61.2 Å². The van der Waals surface area contributed by atoms with Crippen LogP contribution in [-0.2, 0) is 28.7 Å². The van der Waals surface area contributed by atoms with E-state index in [2.05, 4.69) is 34.4 Å². The fourth-order valence-corrected chi connectivity index (χ4v) is 8.10. The Morgan fingerprint density at radius 3 is 2.54 bits per heavy atom. The van der Waals surface area contributed by atoms with Crippen LogP contribution in [0.3, 0.4) is 0 Å². The smallest absolute Gasteiger partial charge is 0.313 e. The highest BCUT2D eigenvalue weighted by atomic mass is 79.9. The van der Waals surface area contributed by atoms with Gasteiger partial charge in [0.25, 0.3) is 0 Å². The molecule has 46 heavy (non-hydrogen) atoms. The van der Waals surface area contributed by atoms with Crippen molar-refractivity contribution in [1.29, 1.82) is 0 Å². The van der Waals surface area contributed by atoms with Crippen molar-refractivity contribution < 1.29 is 33.8 Å². The Bertz CT molecular complexity index is 1260. The van der Waals surface area contributed by atoms with Gasteiger partial charge >= 0.3 is 5.97 Å². The molecule has 1 spiro atoms. The molecule has 2 bridgehead atoms. The lowest BCUT2D eigenvalue weighted by Crippen LogP contribution is -2.58. The molecule has 3 aliphatic rings. The number of unbranched alkanes of at least 4 members (excludes halogenated alkanes) is 3. The summed E-state index contributed by atoms with van der Waals surface area (Å²) in [6.07, 6.45) is 6.01. The van der Waals surface area contributed by atoms with E-state index in [1.54, 1.807) is 22.0 Å². The number of likely N-dealkylation sites (tertiary alicyclic amines) is 1. The minimum atomic E-state index is -1.20. The van der Waals surface area contributed by atoms with Crippen LogP contribution in [0, 0.1) is 11.8 Å². The molecule has 3 heterocycles. The summed E-state index contributed by atoms with van der Waals surface area (Å²) < 4.78 is 12.8. The van der Waals surface area contributed by atoms with E-state index in [1.165, 1.54) is 0 Å². The average molecular weight is 703 g/mol. The monoisotopic (exact) mass is 701 g/mol. The van der Waals surface area contributed by atoms with Crippen LogP contribution in [0.4, 0.5) is 0 Å². The molecule has 0 radical (unpaired) electrons. The van der Waals surface area contributed by atoms with E-state index in [0.717, 1.165) is 12.8 Å². The third kappa shape index (κ3) is 7.42. The SMILES string of the molecule is C=CCCC(=O)NC[C@@H](OC(=O)[C@@H]1[C@H]2O[C@@]3(CC2Br)[C@H](C(=O)N(CC=C)C(C)C)N(CCCCCCO)C(=O)[C@@H]13)c1ccccc1. The van der Waals surface area contributed by atoms with E-state index >= 15 is 0 Å². The lowest BCUT2D eigenvalue weighted by Gasteiger charge is -2.38. The number of aliphatic hydroxyl groups excluding tert-OH is 1. The van der Waals surface area contributed by atoms with Gasteiger partial charge in [0.15, 0.2) is 0 Å². The fourth-order valence-electron chi connectivity index (χ4n) is 7.16. The van der Waals surface area contributed by atoms with Crippen molar-refractivity contribution in [3.8, 4) is 0 Å². The molecule has 10 nitrogen and oxygen atoms in total. The number of rotatable bonds is 18. The second-order valence-corrected chi connectivity index (χ2v) is 13.8. The zero-order chi connectivity index (χ0) is 33.4. The number of carbonyl (C=O) groups is 4. The van der Waals surface area contributed by atoms with Gasteiger partial charge in [-0.25, -0.2) is 0 Å². The van der Waals surface area contributed by atoms with Gasteiger partial charge in [-0.3, -0.25) is 19.2 Å². The number of allylic oxidation sites excluding steroid dienone is 1. The summed E-state index contributed by atoms with van der Waals surface area (Å²) in [6, 6.07) is 8.13. The summed E-state index contributed by atoms with van der Waals surface area (Å²) in [5.41, 5.74) is -0.488. The summed E-state index contributed by atoms with van der Waals surface area (Å²) in [5.74, 6) is -3.10. The third-order valence-electron chi connectivity index (χ3n) is 9.32. The Morgan fingerprint density at radius 1 is 1.17 bits per heavy atom. The van der Waals surface area contributed by atoms with Gasteiger partial charge in [-0.05, 0) is 45.1 Å². The summed E-state index contributed by atoms with van der Waals surface area (Å²) in [4.78, 5) is 58.4. The fraction of sp³-hybridized carbons (Fsp3) is 0.600. The molecule has 3 fully saturated rings.